The third kappa shape index (κ3) is 4.50. The molecule has 8 nitrogen and oxygen atoms in total. The Labute approximate surface area is 257 Å². The van der Waals surface area contributed by atoms with Crippen LogP contribution in [0.25, 0.3) is 11.8 Å². The van der Waals surface area contributed by atoms with Gasteiger partial charge in [-0.3, -0.25) is 14.9 Å². The molecule has 44 heavy (non-hydrogen) atoms. The topological polar surface area (TPSA) is 97.7 Å². The average Bonchev–Trinajstić information content (AvgIpc) is 3.26. The van der Waals surface area contributed by atoms with Gasteiger partial charge in [0.05, 0.1) is 18.4 Å². The second-order valence-corrected chi connectivity index (χ2v) is 13.4. The first-order chi connectivity index (χ1) is 21.1. The van der Waals surface area contributed by atoms with Crippen LogP contribution in [0.1, 0.15) is 77.0 Å². The number of anilines is 1. The highest BCUT2D eigenvalue weighted by atomic mass is 16.5. The lowest BCUT2D eigenvalue weighted by atomic mass is 9.48. The van der Waals surface area contributed by atoms with E-state index in [1.807, 2.05) is 49.6 Å². The van der Waals surface area contributed by atoms with Crippen LogP contribution >= 0.6 is 0 Å². The Balaban J connectivity index is 1.18. The predicted octanol–water partition coefficient (Wildman–Crippen LogP) is 6.32. The molecule has 3 aromatic rings. The van der Waals surface area contributed by atoms with E-state index in [0.717, 1.165) is 45.3 Å². The number of nitrogens with zero attached hydrogens (tertiary/aromatic N) is 2. The number of benzene rings is 2. The van der Waals surface area contributed by atoms with E-state index in [1.165, 1.54) is 51.2 Å². The molecule has 4 amide bonds. The van der Waals surface area contributed by atoms with Gasteiger partial charge < -0.3 is 9.30 Å². The SMILES string of the molecule is COC(=O)c1ccc(-n2c(C)cc(/C=C3\C(=O)NC(=O)N(c4ccc(C56CC7CC(CC(C7)C5)C6)cc4)C3=O)c2C)c(C)c1. The molecule has 2 aromatic carbocycles. The maximum Gasteiger partial charge on any atom is 0.337 e. The number of urea groups is 1. The Morgan fingerprint density at radius 2 is 1.55 bits per heavy atom. The van der Waals surface area contributed by atoms with Gasteiger partial charge in [-0.25, -0.2) is 14.5 Å². The van der Waals surface area contributed by atoms with Crippen LogP contribution < -0.4 is 10.2 Å². The van der Waals surface area contributed by atoms with Crippen LogP contribution in [0.5, 0.6) is 0 Å². The van der Waals surface area contributed by atoms with E-state index >= 15 is 0 Å². The normalized spacial score (nSPS) is 26.8. The molecule has 1 N–H and O–H groups in total. The minimum atomic E-state index is -0.744. The molecule has 0 atom stereocenters. The van der Waals surface area contributed by atoms with Crippen molar-refractivity contribution in [1.29, 1.82) is 0 Å². The van der Waals surface area contributed by atoms with Crippen molar-refractivity contribution >= 4 is 35.6 Å². The molecule has 4 saturated carbocycles. The third-order valence-electron chi connectivity index (χ3n) is 10.5. The largest absolute Gasteiger partial charge is 0.465 e. The summed E-state index contributed by atoms with van der Waals surface area (Å²) in [6.45, 7) is 5.76. The van der Waals surface area contributed by atoms with Crippen molar-refractivity contribution in [1.82, 2.24) is 9.88 Å². The van der Waals surface area contributed by atoms with Gasteiger partial charge in [-0.05, 0) is 142 Å². The predicted molar refractivity (Wildman–Crippen MR) is 167 cm³/mol. The van der Waals surface area contributed by atoms with Gasteiger partial charge in [0.25, 0.3) is 11.8 Å². The number of hydrogen-bond donors (Lipinski definition) is 1. The number of nitrogens with one attached hydrogen (secondary N) is 1. The van der Waals surface area contributed by atoms with E-state index in [1.54, 1.807) is 18.2 Å². The molecule has 5 fully saturated rings. The van der Waals surface area contributed by atoms with Gasteiger partial charge >= 0.3 is 12.0 Å². The third-order valence-corrected chi connectivity index (χ3v) is 10.5. The quantitative estimate of drug-likeness (QED) is 0.213. The highest BCUT2D eigenvalue weighted by molar-refractivity contribution is 6.39. The highest BCUT2D eigenvalue weighted by Crippen LogP contribution is 2.60. The average molecular weight is 592 g/mol. The van der Waals surface area contributed by atoms with Gasteiger partial charge in [-0.1, -0.05) is 12.1 Å². The van der Waals surface area contributed by atoms with E-state index < -0.39 is 23.8 Å². The number of hydrogen-bond acceptors (Lipinski definition) is 5. The van der Waals surface area contributed by atoms with Crippen LogP contribution in [0.15, 0.2) is 54.1 Å². The molecule has 1 aromatic heterocycles. The Bertz CT molecular complexity index is 1730. The van der Waals surface area contributed by atoms with Crippen molar-refractivity contribution < 1.29 is 23.9 Å². The van der Waals surface area contributed by atoms with Crippen molar-refractivity contribution in [2.24, 2.45) is 17.8 Å². The number of esters is 1. The van der Waals surface area contributed by atoms with Crippen LogP contribution in [-0.4, -0.2) is 35.5 Å². The summed E-state index contributed by atoms with van der Waals surface area (Å²) in [6.07, 6.45) is 9.35. The van der Waals surface area contributed by atoms with E-state index in [4.69, 9.17) is 4.74 Å². The van der Waals surface area contributed by atoms with Gasteiger partial charge in [0, 0.05) is 17.1 Å². The molecule has 0 spiro atoms. The number of barbiturate groups is 1. The smallest absolute Gasteiger partial charge is 0.337 e. The Kier molecular flexibility index (Phi) is 6.64. The summed E-state index contributed by atoms with van der Waals surface area (Å²) in [7, 11) is 1.35. The molecule has 4 aliphatic carbocycles. The first kappa shape index (κ1) is 28.3. The fourth-order valence-electron chi connectivity index (χ4n) is 8.93. The molecule has 5 aliphatic rings. The number of aryl methyl sites for hydroxylation is 2. The fraction of sp³-hybridized carbons (Fsp3) is 0.389. The van der Waals surface area contributed by atoms with Crippen LogP contribution in [0, 0.1) is 38.5 Å². The summed E-state index contributed by atoms with van der Waals surface area (Å²) in [5.74, 6) is 0.682. The summed E-state index contributed by atoms with van der Waals surface area (Å²) in [4.78, 5) is 52.7. The molecule has 0 unspecified atom stereocenters. The van der Waals surface area contributed by atoms with E-state index in [2.05, 4.69) is 17.4 Å². The van der Waals surface area contributed by atoms with E-state index in [-0.39, 0.29) is 11.0 Å². The number of rotatable bonds is 5. The maximum atomic E-state index is 13.7. The zero-order valence-corrected chi connectivity index (χ0v) is 25.6. The second kappa shape index (κ2) is 10.3. The summed E-state index contributed by atoms with van der Waals surface area (Å²) in [5, 5.41) is 2.36. The van der Waals surface area contributed by atoms with E-state index in [0.29, 0.717) is 16.8 Å². The van der Waals surface area contributed by atoms with Gasteiger partial charge in [-0.2, -0.15) is 0 Å². The Morgan fingerprint density at radius 1 is 0.909 bits per heavy atom. The van der Waals surface area contributed by atoms with Crippen LogP contribution in [0.4, 0.5) is 10.5 Å². The minimum absolute atomic E-state index is 0.104. The Morgan fingerprint density at radius 3 is 2.14 bits per heavy atom. The van der Waals surface area contributed by atoms with Crippen molar-refractivity contribution in [3.8, 4) is 5.69 Å². The number of ether oxygens (including phenoxy) is 1. The molecule has 8 rings (SSSR count). The zero-order valence-electron chi connectivity index (χ0n) is 25.6. The summed E-state index contributed by atoms with van der Waals surface area (Å²) >= 11 is 0. The molecule has 8 heteroatoms. The van der Waals surface area contributed by atoms with Gasteiger partial charge in [-0.15, -0.1) is 0 Å². The molecule has 2 heterocycles. The van der Waals surface area contributed by atoms with Gasteiger partial charge in [0.15, 0.2) is 0 Å². The number of aromatic nitrogens is 1. The number of amides is 4. The molecule has 0 radical (unpaired) electrons. The highest BCUT2D eigenvalue weighted by Gasteiger charge is 2.51. The molecule has 1 saturated heterocycles. The molecule has 1 aliphatic heterocycles. The lowest BCUT2D eigenvalue weighted by Crippen LogP contribution is -2.54. The standard InChI is InChI=1S/C36H37N3O5/c1-20-11-26(34(42)44-4)5-10-31(20)38-21(2)12-27(22(38)3)16-30-32(40)37-35(43)39(33(30)41)29-8-6-28(7-9-29)36-17-23-13-24(18-36)15-25(14-23)19-36/h5-12,16,23-25H,13-15,17-19H2,1-4H3,(H,37,40,43)/b30-16+. The number of carbonyl (C=O) groups is 4. The summed E-state index contributed by atoms with van der Waals surface area (Å²) in [6, 6.07) is 14.4. The lowest BCUT2D eigenvalue weighted by molar-refractivity contribution is -0.122. The lowest BCUT2D eigenvalue weighted by Gasteiger charge is -2.57. The Hall–Kier alpha value is -4.46. The monoisotopic (exact) mass is 591 g/mol. The number of imide groups is 2. The maximum absolute atomic E-state index is 13.7. The van der Waals surface area contributed by atoms with Crippen molar-refractivity contribution in [3.63, 3.8) is 0 Å². The van der Waals surface area contributed by atoms with Crippen molar-refractivity contribution in [2.75, 3.05) is 12.0 Å². The minimum Gasteiger partial charge on any atom is -0.465 e. The fourth-order valence-corrected chi connectivity index (χ4v) is 8.93. The van der Waals surface area contributed by atoms with Crippen molar-refractivity contribution in [2.45, 2.75) is 64.7 Å². The van der Waals surface area contributed by atoms with Gasteiger partial charge in [0.1, 0.15) is 5.57 Å². The van der Waals surface area contributed by atoms with Crippen LogP contribution in [0.3, 0.4) is 0 Å². The van der Waals surface area contributed by atoms with Crippen LogP contribution in [0.2, 0.25) is 0 Å². The second-order valence-electron chi connectivity index (χ2n) is 13.4. The molecular formula is C36H37N3O5. The molecular weight excluding hydrogens is 554 g/mol. The van der Waals surface area contributed by atoms with Crippen LogP contribution in [-0.2, 0) is 19.7 Å². The molecule has 226 valence electrons. The number of carbonyl (C=O) groups excluding carboxylic acids is 4. The van der Waals surface area contributed by atoms with Crippen molar-refractivity contribution in [3.05, 3.63) is 87.7 Å². The summed E-state index contributed by atoms with van der Waals surface area (Å²) in [5.41, 5.74) is 6.44. The molecule has 4 bridgehead atoms. The summed E-state index contributed by atoms with van der Waals surface area (Å²) < 4.78 is 6.86. The van der Waals surface area contributed by atoms with Gasteiger partial charge in [0.2, 0.25) is 0 Å². The van der Waals surface area contributed by atoms with E-state index in [9.17, 15) is 19.2 Å². The first-order valence-corrected chi connectivity index (χ1v) is 15.5. The first-order valence-electron chi connectivity index (χ1n) is 15.5. The zero-order chi connectivity index (χ0) is 30.9. The number of methoxy groups -OCH3 is 1.